The van der Waals surface area contributed by atoms with Gasteiger partial charge in [0.15, 0.2) is 0 Å². The van der Waals surface area contributed by atoms with Crippen molar-refractivity contribution in [1.82, 2.24) is 4.98 Å². The summed E-state index contributed by atoms with van der Waals surface area (Å²) in [4.78, 5) is 16.9. The highest BCUT2D eigenvalue weighted by Crippen LogP contribution is 2.44. The van der Waals surface area contributed by atoms with Gasteiger partial charge in [-0.15, -0.1) is 0 Å². The summed E-state index contributed by atoms with van der Waals surface area (Å²) >= 11 is 0. The lowest BCUT2D eigenvalue weighted by Crippen LogP contribution is -2.55. The average Bonchev–Trinajstić information content (AvgIpc) is 2.91. The van der Waals surface area contributed by atoms with Crippen LogP contribution in [0, 0.1) is 0 Å². The summed E-state index contributed by atoms with van der Waals surface area (Å²) in [7, 11) is 4.31. The number of fused-ring (bicyclic) bond motifs is 1. The number of rotatable bonds is 11. The number of hydrogen-bond donors (Lipinski definition) is 2. The topological polar surface area (TPSA) is 85.4 Å². The van der Waals surface area contributed by atoms with Gasteiger partial charge in [0.1, 0.15) is 24.4 Å². The summed E-state index contributed by atoms with van der Waals surface area (Å²) < 4.78 is 6.92. The second-order valence-corrected chi connectivity index (χ2v) is 11.2. The third kappa shape index (κ3) is 5.76. The first-order valence-corrected chi connectivity index (χ1v) is 13.6. The van der Waals surface area contributed by atoms with Crippen molar-refractivity contribution in [1.29, 1.82) is 0 Å². The number of unbranched alkanes of at least 4 members (excludes halogenated alkanes) is 1. The van der Waals surface area contributed by atoms with Crippen LogP contribution in [0.4, 0.5) is 0 Å². The highest BCUT2D eigenvalue weighted by molar-refractivity contribution is 5.98. The molecule has 1 heterocycles. The van der Waals surface area contributed by atoms with Crippen molar-refractivity contribution in [2.24, 2.45) is 5.73 Å². The Morgan fingerprint density at radius 3 is 2.41 bits per heavy atom. The van der Waals surface area contributed by atoms with E-state index in [1.807, 2.05) is 48.5 Å². The fraction of sp³-hybridized carbons (Fsp3) is 0.333. The van der Waals surface area contributed by atoms with E-state index < -0.39 is 11.4 Å². The molecule has 4 rings (SSSR count). The van der Waals surface area contributed by atoms with Crippen molar-refractivity contribution < 1.29 is 19.1 Å². The van der Waals surface area contributed by atoms with Gasteiger partial charge in [0, 0.05) is 22.2 Å². The van der Waals surface area contributed by atoms with E-state index in [9.17, 15) is 9.90 Å². The molecule has 3 aromatic carbocycles. The van der Waals surface area contributed by atoms with Crippen LogP contribution in [0.2, 0.25) is 0 Å². The number of phenols is 1. The summed E-state index contributed by atoms with van der Waals surface area (Å²) in [5.74, 6) is -0.0717. The normalized spacial score (nSPS) is 12.0. The molecule has 0 fully saturated rings. The second kappa shape index (κ2) is 11.5. The first-order chi connectivity index (χ1) is 18.6. The highest BCUT2D eigenvalue weighted by atomic mass is 16.5. The van der Waals surface area contributed by atoms with Gasteiger partial charge in [0.2, 0.25) is 5.88 Å². The zero-order valence-corrected chi connectivity index (χ0v) is 23.7. The molecule has 6 heteroatoms. The number of aromatic nitrogens is 1. The van der Waals surface area contributed by atoms with Gasteiger partial charge in [-0.2, -0.15) is 0 Å². The van der Waals surface area contributed by atoms with Crippen LogP contribution in [0.25, 0.3) is 21.9 Å². The third-order valence-electron chi connectivity index (χ3n) is 8.11. The quantitative estimate of drug-likeness (QED) is 0.220. The smallest absolute Gasteiger partial charge is 0.252 e. The molecular formula is C33H40N3O3+. The second-order valence-electron chi connectivity index (χ2n) is 11.2. The van der Waals surface area contributed by atoms with E-state index in [-0.39, 0.29) is 11.3 Å². The number of pyridine rings is 1. The number of primary amides is 1. The molecule has 0 aliphatic rings. The van der Waals surface area contributed by atoms with Crippen molar-refractivity contribution in [2.75, 3.05) is 27.2 Å². The van der Waals surface area contributed by atoms with Gasteiger partial charge in [-0.3, -0.25) is 4.79 Å². The number of hydrogen-bond acceptors (Lipinski definition) is 4. The molecule has 0 aliphatic carbocycles. The zero-order valence-electron chi connectivity index (χ0n) is 23.7. The fourth-order valence-corrected chi connectivity index (χ4v) is 4.99. The molecule has 39 heavy (non-hydrogen) atoms. The van der Waals surface area contributed by atoms with E-state index in [4.69, 9.17) is 15.5 Å². The Kier molecular flexibility index (Phi) is 8.26. The van der Waals surface area contributed by atoms with Crippen LogP contribution in [-0.4, -0.2) is 47.7 Å². The largest absolute Gasteiger partial charge is 0.506 e. The summed E-state index contributed by atoms with van der Waals surface area (Å²) in [5.41, 5.74) is 8.67. The Labute approximate surface area is 231 Å². The molecule has 0 saturated heterocycles. The minimum atomic E-state index is -0.655. The zero-order chi connectivity index (χ0) is 28.2. The molecular weight excluding hydrogens is 486 g/mol. The number of amides is 1. The number of benzene rings is 3. The Balaban J connectivity index is 1.64. The van der Waals surface area contributed by atoms with Crippen molar-refractivity contribution in [3.63, 3.8) is 0 Å². The molecule has 0 radical (unpaired) electrons. The molecule has 6 nitrogen and oxygen atoms in total. The Bertz CT molecular complexity index is 1460. The number of nitrogens with two attached hydrogens (primary N) is 1. The number of nitrogens with zero attached hydrogens (tertiary/aromatic N) is 2. The third-order valence-corrected chi connectivity index (χ3v) is 8.11. The van der Waals surface area contributed by atoms with Gasteiger partial charge in [0.25, 0.3) is 5.91 Å². The maximum Gasteiger partial charge on any atom is 0.252 e. The van der Waals surface area contributed by atoms with E-state index in [0.717, 1.165) is 46.9 Å². The van der Waals surface area contributed by atoms with Crippen LogP contribution >= 0.6 is 0 Å². The number of carbonyl (C=O) groups is 1. The van der Waals surface area contributed by atoms with Crippen molar-refractivity contribution >= 4 is 16.7 Å². The Morgan fingerprint density at radius 1 is 1.03 bits per heavy atom. The van der Waals surface area contributed by atoms with Crippen molar-refractivity contribution in [3.8, 4) is 22.8 Å². The number of likely N-dealkylation sites (N-methyl/N-ethyl adjacent to an activating group) is 1. The lowest BCUT2D eigenvalue weighted by Gasteiger charge is -2.45. The number of aryl methyl sites for hydroxylation is 1. The number of quaternary nitrogens is 1. The van der Waals surface area contributed by atoms with Gasteiger partial charge in [0.05, 0.1) is 19.7 Å². The number of ether oxygens (including phenoxy) is 1. The molecule has 0 unspecified atom stereocenters. The maximum absolute atomic E-state index is 12.1. The lowest BCUT2D eigenvalue weighted by molar-refractivity contribution is -0.945. The molecule has 1 aromatic heterocycles. The van der Waals surface area contributed by atoms with E-state index in [1.165, 1.54) is 0 Å². The number of aromatic hydroxyl groups is 1. The minimum Gasteiger partial charge on any atom is -0.506 e. The Hall–Kier alpha value is -3.90. The maximum atomic E-state index is 12.1. The Morgan fingerprint density at radius 2 is 1.72 bits per heavy atom. The molecule has 3 N–H and O–H groups in total. The highest BCUT2D eigenvalue weighted by Gasteiger charge is 2.41. The molecule has 1 amide bonds. The van der Waals surface area contributed by atoms with Crippen LogP contribution in [0.5, 0.6) is 11.6 Å². The molecule has 204 valence electrons. The van der Waals surface area contributed by atoms with Crippen LogP contribution in [0.15, 0.2) is 72.8 Å². The van der Waals surface area contributed by atoms with E-state index in [2.05, 4.69) is 53.1 Å². The minimum absolute atomic E-state index is 0.0879. The summed E-state index contributed by atoms with van der Waals surface area (Å²) in [5, 5.41) is 13.3. The molecule has 0 atom stereocenters. The van der Waals surface area contributed by atoms with Crippen LogP contribution in [-0.2, 0) is 12.0 Å². The fourth-order valence-electron chi connectivity index (χ4n) is 4.99. The van der Waals surface area contributed by atoms with Gasteiger partial charge in [-0.1, -0.05) is 67.9 Å². The van der Waals surface area contributed by atoms with Crippen molar-refractivity contribution in [3.05, 3.63) is 89.6 Å². The van der Waals surface area contributed by atoms with E-state index in [0.29, 0.717) is 29.1 Å². The molecule has 0 saturated carbocycles. The first-order valence-electron chi connectivity index (χ1n) is 13.6. The van der Waals surface area contributed by atoms with E-state index >= 15 is 0 Å². The summed E-state index contributed by atoms with van der Waals surface area (Å²) in [6.07, 6.45) is 3.14. The SMILES string of the molecule is CCCCc1cc2ccccc2c(OCC[N+](C)(C)C(C)(C)c2ccc(C(N)=O)c(O)c2-c2ccccc2)n1. The predicted molar refractivity (Wildman–Crippen MR) is 158 cm³/mol. The van der Waals surface area contributed by atoms with Crippen molar-refractivity contribution in [2.45, 2.75) is 45.6 Å². The molecule has 0 aliphatic heterocycles. The van der Waals surface area contributed by atoms with Gasteiger partial charge in [-0.25, -0.2) is 4.98 Å². The number of carbonyl (C=O) groups excluding carboxylic acids is 1. The molecule has 0 spiro atoms. The first kappa shape index (κ1) is 28.1. The standard InChI is InChI=1S/C33H39N3O3/c1-6-7-16-25-22-24-15-11-12-17-26(24)32(35-25)39-21-20-36(4,5)33(2,3)28-19-18-27(31(34)38)30(37)29(28)23-13-9-8-10-14-23/h8-15,17-19,22H,6-7,16,20-21H2,1-5H3,(H2-,34,37,38)/p+1. The summed E-state index contributed by atoms with van der Waals surface area (Å²) in [6.45, 7) is 7.64. The van der Waals surface area contributed by atoms with Gasteiger partial charge < -0.3 is 20.1 Å². The van der Waals surface area contributed by atoms with E-state index in [1.54, 1.807) is 6.07 Å². The van der Waals surface area contributed by atoms with Crippen LogP contribution in [0.3, 0.4) is 0 Å². The average molecular weight is 527 g/mol. The molecule has 0 bridgehead atoms. The predicted octanol–water partition coefficient (Wildman–Crippen LogP) is 6.44. The van der Waals surface area contributed by atoms with Gasteiger partial charge in [-0.05, 0) is 55.8 Å². The molecule has 4 aromatic rings. The summed E-state index contributed by atoms with van der Waals surface area (Å²) in [6, 6.07) is 23.5. The monoisotopic (exact) mass is 526 g/mol. The lowest BCUT2D eigenvalue weighted by atomic mass is 9.82. The van der Waals surface area contributed by atoms with Gasteiger partial charge >= 0.3 is 0 Å². The van der Waals surface area contributed by atoms with Crippen LogP contribution < -0.4 is 10.5 Å². The van der Waals surface area contributed by atoms with Crippen LogP contribution in [0.1, 0.15) is 55.2 Å².